The van der Waals surface area contributed by atoms with Crippen molar-refractivity contribution in [2.24, 2.45) is 5.73 Å². The Morgan fingerprint density at radius 3 is 2.61 bits per heavy atom. The second kappa shape index (κ2) is 9.97. The Hall–Kier alpha value is -1.02. The van der Waals surface area contributed by atoms with Crippen LogP contribution in [0.1, 0.15) is 42.8 Å². The van der Waals surface area contributed by atoms with E-state index >= 15 is 0 Å². The predicted octanol–water partition coefficient (Wildman–Crippen LogP) is 4.15. The molecule has 3 N–H and O–H groups in total. The number of hydrogen-bond donors (Lipinski definition) is 2. The Balaban J connectivity index is 0.00000264. The molecule has 0 spiro atoms. The van der Waals surface area contributed by atoms with Gasteiger partial charge in [0.25, 0.3) is 0 Å². The molecule has 2 heterocycles. The number of thiazole rings is 2. The number of nitrogens with one attached hydrogen (secondary N) is 1. The van der Waals surface area contributed by atoms with Crippen LogP contribution in [0.2, 0.25) is 0 Å². The number of nitrogens with zero attached hydrogens (tertiary/aromatic N) is 2. The van der Waals surface area contributed by atoms with Gasteiger partial charge in [-0.05, 0) is 33.2 Å². The minimum Gasteiger partial charge on any atom is -0.330 e. The Labute approximate surface area is 151 Å². The SMILES string of the molecule is Cc1nc(C)c(-c2csc(NC(=O)CCCCCCN)n2)s1.Cl. The van der Waals surface area contributed by atoms with Crippen molar-refractivity contribution in [2.45, 2.75) is 46.0 Å². The first kappa shape index (κ1) is 20.0. The molecule has 0 atom stereocenters. The number of unbranched alkanes of at least 4 members (excludes halogenated alkanes) is 3. The summed E-state index contributed by atoms with van der Waals surface area (Å²) in [5.41, 5.74) is 7.33. The lowest BCUT2D eigenvalue weighted by Gasteiger charge is -2.01. The number of halogens is 1. The highest BCUT2D eigenvalue weighted by atomic mass is 35.5. The van der Waals surface area contributed by atoms with Crippen LogP contribution in [0.3, 0.4) is 0 Å². The number of carbonyl (C=O) groups is 1. The average Bonchev–Trinajstić information content (AvgIpc) is 3.05. The van der Waals surface area contributed by atoms with Crippen LogP contribution in [0.4, 0.5) is 5.13 Å². The molecule has 0 aromatic carbocycles. The summed E-state index contributed by atoms with van der Waals surface area (Å²) >= 11 is 3.09. The van der Waals surface area contributed by atoms with Crippen molar-refractivity contribution in [3.63, 3.8) is 0 Å². The fourth-order valence-electron chi connectivity index (χ4n) is 2.17. The third-order valence-electron chi connectivity index (χ3n) is 3.24. The molecule has 2 aromatic rings. The number of rotatable bonds is 8. The van der Waals surface area contributed by atoms with E-state index in [1.165, 1.54) is 11.3 Å². The molecular formula is C15H23ClN4OS2. The van der Waals surface area contributed by atoms with Gasteiger partial charge in [0.2, 0.25) is 5.91 Å². The second-order valence-electron chi connectivity index (χ2n) is 5.19. The molecule has 23 heavy (non-hydrogen) atoms. The maximum Gasteiger partial charge on any atom is 0.226 e. The van der Waals surface area contributed by atoms with Crippen LogP contribution in [0.5, 0.6) is 0 Å². The van der Waals surface area contributed by atoms with Gasteiger partial charge in [-0.3, -0.25) is 4.79 Å². The third-order valence-corrected chi connectivity index (χ3v) is 5.10. The molecule has 0 unspecified atom stereocenters. The number of nitrogens with two attached hydrogens (primary N) is 1. The highest BCUT2D eigenvalue weighted by Gasteiger charge is 2.12. The van der Waals surface area contributed by atoms with Crippen LogP contribution < -0.4 is 11.1 Å². The quantitative estimate of drug-likeness (QED) is 0.680. The van der Waals surface area contributed by atoms with Gasteiger partial charge >= 0.3 is 0 Å². The minimum absolute atomic E-state index is 0. The van der Waals surface area contributed by atoms with E-state index in [4.69, 9.17) is 5.73 Å². The van der Waals surface area contributed by atoms with E-state index in [9.17, 15) is 4.79 Å². The third kappa shape index (κ3) is 6.18. The van der Waals surface area contributed by atoms with Gasteiger partial charge in [-0.15, -0.1) is 35.1 Å². The second-order valence-corrected chi connectivity index (χ2v) is 7.25. The van der Waals surface area contributed by atoms with Gasteiger partial charge in [-0.25, -0.2) is 9.97 Å². The van der Waals surface area contributed by atoms with Crippen LogP contribution in [0, 0.1) is 13.8 Å². The Kier molecular flexibility index (Phi) is 8.68. The van der Waals surface area contributed by atoms with Crippen LogP contribution in [0.15, 0.2) is 5.38 Å². The molecule has 0 fully saturated rings. The van der Waals surface area contributed by atoms with E-state index in [0.717, 1.165) is 53.5 Å². The first-order valence-electron chi connectivity index (χ1n) is 7.50. The van der Waals surface area contributed by atoms with E-state index in [-0.39, 0.29) is 18.3 Å². The Morgan fingerprint density at radius 1 is 1.22 bits per heavy atom. The highest BCUT2D eigenvalue weighted by molar-refractivity contribution is 7.16. The van der Waals surface area contributed by atoms with Crippen molar-refractivity contribution in [1.82, 2.24) is 9.97 Å². The largest absolute Gasteiger partial charge is 0.330 e. The van der Waals surface area contributed by atoms with Gasteiger partial charge < -0.3 is 11.1 Å². The first-order chi connectivity index (χ1) is 10.6. The van der Waals surface area contributed by atoms with Crippen LogP contribution in [-0.4, -0.2) is 22.4 Å². The van der Waals surface area contributed by atoms with Gasteiger partial charge in [0.1, 0.15) is 0 Å². The molecule has 0 aliphatic carbocycles. The fraction of sp³-hybridized carbons (Fsp3) is 0.533. The molecule has 128 valence electrons. The number of hydrogen-bond acceptors (Lipinski definition) is 6. The summed E-state index contributed by atoms with van der Waals surface area (Å²) < 4.78 is 0. The topological polar surface area (TPSA) is 80.9 Å². The fourth-order valence-corrected chi connectivity index (χ4v) is 3.84. The molecule has 1 amide bonds. The summed E-state index contributed by atoms with van der Waals surface area (Å²) in [5, 5.41) is 6.54. The number of aromatic nitrogens is 2. The normalized spacial score (nSPS) is 10.4. The molecule has 0 radical (unpaired) electrons. The minimum atomic E-state index is 0. The molecule has 5 nitrogen and oxygen atoms in total. The number of carbonyl (C=O) groups excluding carboxylic acids is 1. The first-order valence-corrected chi connectivity index (χ1v) is 9.19. The number of anilines is 1. The molecule has 0 bridgehead atoms. The number of amides is 1. The molecular weight excluding hydrogens is 352 g/mol. The maximum atomic E-state index is 11.9. The molecule has 8 heteroatoms. The zero-order chi connectivity index (χ0) is 15.9. The predicted molar refractivity (Wildman–Crippen MR) is 101 cm³/mol. The van der Waals surface area contributed by atoms with Crippen molar-refractivity contribution in [3.05, 3.63) is 16.1 Å². The molecule has 0 aliphatic heterocycles. The summed E-state index contributed by atoms with van der Waals surface area (Å²) in [6.45, 7) is 4.70. The molecule has 2 rings (SSSR count). The van der Waals surface area contributed by atoms with Gasteiger partial charge in [0.15, 0.2) is 5.13 Å². The number of aryl methyl sites for hydroxylation is 2. The lowest BCUT2D eigenvalue weighted by atomic mass is 10.1. The summed E-state index contributed by atoms with van der Waals surface area (Å²) in [7, 11) is 0. The standard InChI is InChI=1S/C15H22N4OS2.ClH/c1-10-14(22-11(2)17-10)12-9-21-15(18-12)19-13(20)7-5-3-4-6-8-16;/h9H,3-8,16H2,1-2H3,(H,18,19,20);1H. The Morgan fingerprint density at radius 2 is 1.96 bits per heavy atom. The summed E-state index contributed by atoms with van der Waals surface area (Å²) in [4.78, 5) is 21.9. The van der Waals surface area contributed by atoms with E-state index in [1.54, 1.807) is 11.3 Å². The van der Waals surface area contributed by atoms with Gasteiger partial charge in [0.05, 0.1) is 21.3 Å². The lowest BCUT2D eigenvalue weighted by Crippen LogP contribution is -2.10. The zero-order valence-electron chi connectivity index (χ0n) is 13.4. The van der Waals surface area contributed by atoms with Crippen molar-refractivity contribution in [1.29, 1.82) is 0 Å². The van der Waals surface area contributed by atoms with Crippen LogP contribution >= 0.6 is 35.1 Å². The summed E-state index contributed by atoms with van der Waals surface area (Å²) in [6, 6.07) is 0. The molecule has 2 aromatic heterocycles. The average molecular weight is 375 g/mol. The van der Waals surface area contributed by atoms with Gasteiger partial charge in [0, 0.05) is 11.8 Å². The van der Waals surface area contributed by atoms with Crippen molar-refractivity contribution >= 4 is 46.1 Å². The molecule has 0 saturated carbocycles. The summed E-state index contributed by atoms with van der Waals surface area (Å²) in [5.74, 6) is 0.0332. The van der Waals surface area contributed by atoms with E-state index < -0.39 is 0 Å². The van der Waals surface area contributed by atoms with Gasteiger partial charge in [-0.2, -0.15) is 0 Å². The van der Waals surface area contributed by atoms with E-state index in [0.29, 0.717) is 11.6 Å². The van der Waals surface area contributed by atoms with Crippen molar-refractivity contribution in [2.75, 3.05) is 11.9 Å². The highest BCUT2D eigenvalue weighted by Crippen LogP contribution is 2.32. The molecule has 0 saturated heterocycles. The Bertz CT molecular complexity index is 627. The molecule has 0 aliphatic rings. The lowest BCUT2D eigenvalue weighted by molar-refractivity contribution is -0.116. The van der Waals surface area contributed by atoms with E-state index in [1.807, 2.05) is 19.2 Å². The van der Waals surface area contributed by atoms with Gasteiger partial charge in [-0.1, -0.05) is 12.8 Å². The maximum absolute atomic E-state index is 11.9. The van der Waals surface area contributed by atoms with Crippen molar-refractivity contribution < 1.29 is 4.79 Å². The summed E-state index contributed by atoms with van der Waals surface area (Å²) in [6.07, 6.45) is 4.61. The van der Waals surface area contributed by atoms with Crippen molar-refractivity contribution in [3.8, 4) is 10.6 Å². The zero-order valence-corrected chi connectivity index (χ0v) is 15.9. The van der Waals surface area contributed by atoms with Crippen LogP contribution in [-0.2, 0) is 4.79 Å². The van der Waals surface area contributed by atoms with E-state index in [2.05, 4.69) is 15.3 Å². The van der Waals surface area contributed by atoms with Crippen LogP contribution in [0.25, 0.3) is 10.6 Å². The smallest absolute Gasteiger partial charge is 0.226 e. The monoisotopic (exact) mass is 374 g/mol.